The molecule has 1 aliphatic heterocycles. The van der Waals surface area contributed by atoms with E-state index in [1.54, 1.807) is 0 Å². The molecule has 2 aromatic heterocycles. The van der Waals surface area contributed by atoms with E-state index in [9.17, 15) is 0 Å². The summed E-state index contributed by atoms with van der Waals surface area (Å²) in [6.07, 6.45) is 3.99. The van der Waals surface area contributed by atoms with Gasteiger partial charge in [0.15, 0.2) is 0 Å². The predicted octanol–water partition coefficient (Wildman–Crippen LogP) is 9.66. The lowest BCUT2D eigenvalue weighted by molar-refractivity contribution is 0.120. The van der Waals surface area contributed by atoms with Gasteiger partial charge in [-0.15, -0.1) is 0 Å². The monoisotopic (exact) mass is 618 g/mol. The number of aromatic nitrogens is 2. The van der Waals surface area contributed by atoms with E-state index in [-0.39, 0.29) is 0 Å². The van der Waals surface area contributed by atoms with Crippen LogP contribution in [0.4, 0.5) is 11.4 Å². The van der Waals surface area contributed by atoms with Crippen molar-refractivity contribution >= 4 is 23.8 Å². The van der Waals surface area contributed by atoms with Gasteiger partial charge in [0.1, 0.15) is 0 Å². The van der Waals surface area contributed by atoms with Gasteiger partial charge in [-0.25, -0.2) is 0 Å². The zero-order valence-corrected chi connectivity index (χ0v) is 29.3. The molecule has 46 heavy (non-hydrogen) atoms. The number of H-pyrrole nitrogens is 2. The number of nitrogens with zero attached hydrogens (tertiary/aromatic N) is 4. The Labute approximate surface area is 277 Å². The molecule has 3 heterocycles. The number of para-hydroxylation sites is 2. The van der Waals surface area contributed by atoms with Gasteiger partial charge in [-0.1, -0.05) is 91.8 Å². The Hall–Kier alpha value is -3.74. The minimum absolute atomic E-state index is 0.437. The van der Waals surface area contributed by atoms with Crippen molar-refractivity contribution < 1.29 is 0 Å². The highest BCUT2D eigenvalue weighted by Gasteiger charge is 2.19. The fourth-order valence-corrected chi connectivity index (χ4v) is 6.43. The number of aliphatic imine (C=N–C) groups is 2. The van der Waals surface area contributed by atoms with Crippen LogP contribution in [0.15, 0.2) is 70.6 Å². The van der Waals surface area contributed by atoms with E-state index in [2.05, 4.69) is 136 Å². The zero-order chi connectivity index (χ0) is 32.8. The van der Waals surface area contributed by atoms with Crippen LogP contribution in [0.1, 0.15) is 124 Å². The van der Waals surface area contributed by atoms with Crippen molar-refractivity contribution in [3.05, 3.63) is 106 Å². The maximum Gasteiger partial charge on any atom is 0.0699 e. The summed E-state index contributed by atoms with van der Waals surface area (Å²) in [7, 11) is 0. The molecular formula is C40H54N6. The van der Waals surface area contributed by atoms with Crippen molar-refractivity contribution in [1.82, 2.24) is 19.8 Å². The van der Waals surface area contributed by atoms with E-state index < -0.39 is 0 Å². The number of piperazine rings is 1. The maximum absolute atomic E-state index is 4.99. The molecule has 1 fully saturated rings. The molecule has 0 radical (unpaired) electrons. The first-order chi connectivity index (χ1) is 22.1. The highest BCUT2D eigenvalue weighted by Crippen LogP contribution is 2.35. The van der Waals surface area contributed by atoms with Gasteiger partial charge >= 0.3 is 0 Å². The summed E-state index contributed by atoms with van der Waals surface area (Å²) < 4.78 is 0. The second-order valence-corrected chi connectivity index (χ2v) is 14.1. The molecule has 0 aliphatic carbocycles. The Morgan fingerprint density at radius 1 is 0.522 bits per heavy atom. The highest BCUT2D eigenvalue weighted by molar-refractivity contribution is 5.82. The first-order valence-corrected chi connectivity index (χ1v) is 17.2. The van der Waals surface area contributed by atoms with Crippen molar-refractivity contribution in [2.45, 2.75) is 92.2 Å². The highest BCUT2D eigenvalue weighted by atomic mass is 15.3. The summed E-state index contributed by atoms with van der Waals surface area (Å²) in [5.74, 6) is 1.75. The molecule has 6 heteroatoms. The third-order valence-electron chi connectivity index (χ3n) is 9.14. The van der Waals surface area contributed by atoms with E-state index in [0.717, 1.165) is 62.0 Å². The maximum atomic E-state index is 4.99. The molecule has 4 aromatic rings. The Bertz CT molecular complexity index is 1450. The average Bonchev–Trinajstić information content (AvgIpc) is 3.68. The van der Waals surface area contributed by atoms with Gasteiger partial charge in [0.2, 0.25) is 0 Å². The third kappa shape index (κ3) is 8.34. The van der Waals surface area contributed by atoms with E-state index in [4.69, 9.17) is 9.98 Å². The van der Waals surface area contributed by atoms with E-state index in [1.807, 2.05) is 12.4 Å². The van der Waals surface area contributed by atoms with Crippen molar-refractivity contribution in [2.24, 2.45) is 9.98 Å². The largest absolute Gasteiger partial charge is 0.357 e. The first-order valence-electron chi connectivity index (χ1n) is 17.2. The summed E-state index contributed by atoms with van der Waals surface area (Å²) >= 11 is 0. The summed E-state index contributed by atoms with van der Waals surface area (Å²) in [5.41, 5.74) is 12.1. The van der Waals surface area contributed by atoms with Gasteiger partial charge < -0.3 is 9.97 Å². The molecule has 0 amide bonds. The Morgan fingerprint density at radius 3 is 1.15 bits per heavy atom. The van der Waals surface area contributed by atoms with Crippen LogP contribution in [0, 0.1) is 0 Å². The minimum atomic E-state index is 0.437. The van der Waals surface area contributed by atoms with Crippen LogP contribution in [0.25, 0.3) is 0 Å². The lowest BCUT2D eigenvalue weighted by Gasteiger charge is -2.34. The SMILES string of the molecule is CC(C)c1cccc(C(C)C)c1N=Cc1ccc(CN2CCN(Cc3ccc(C=Nc4c(C(C)C)cccc4C(C)C)[nH]3)CC2)[nH]1. The number of hydrogen-bond donors (Lipinski definition) is 2. The van der Waals surface area contributed by atoms with Crippen LogP contribution in [-0.2, 0) is 13.1 Å². The van der Waals surface area contributed by atoms with Gasteiger partial charge in [0, 0.05) is 50.7 Å². The molecule has 2 N–H and O–H groups in total. The molecule has 5 rings (SSSR count). The van der Waals surface area contributed by atoms with Crippen LogP contribution in [0.5, 0.6) is 0 Å². The molecule has 0 bridgehead atoms. The van der Waals surface area contributed by atoms with Crippen LogP contribution in [-0.4, -0.2) is 58.4 Å². The Morgan fingerprint density at radius 2 is 0.848 bits per heavy atom. The molecule has 0 spiro atoms. The number of aromatic amines is 2. The summed E-state index contributed by atoms with van der Waals surface area (Å²) in [6.45, 7) is 24.0. The van der Waals surface area contributed by atoms with Gasteiger partial charge in [-0.2, -0.15) is 0 Å². The minimum Gasteiger partial charge on any atom is -0.357 e. The molecule has 0 unspecified atom stereocenters. The normalized spacial score (nSPS) is 15.2. The summed E-state index contributed by atoms with van der Waals surface area (Å²) in [4.78, 5) is 22.3. The van der Waals surface area contributed by atoms with E-state index in [0.29, 0.717) is 23.7 Å². The molecule has 2 aromatic carbocycles. The molecule has 6 nitrogen and oxygen atoms in total. The van der Waals surface area contributed by atoms with Crippen LogP contribution in [0.3, 0.4) is 0 Å². The number of hydrogen-bond acceptors (Lipinski definition) is 4. The Kier molecular flexibility index (Phi) is 11.1. The predicted molar refractivity (Wildman–Crippen MR) is 196 cm³/mol. The van der Waals surface area contributed by atoms with E-state index in [1.165, 1.54) is 33.6 Å². The van der Waals surface area contributed by atoms with E-state index >= 15 is 0 Å². The fourth-order valence-electron chi connectivity index (χ4n) is 6.43. The van der Waals surface area contributed by atoms with Crippen LogP contribution < -0.4 is 0 Å². The van der Waals surface area contributed by atoms with Gasteiger partial charge in [0.25, 0.3) is 0 Å². The second-order valence-electron chi connectivity index (χ2n) is 14.1. The van der Waals surface area contributed by atoms with Crippen LogP contribution in [0.2, 0.25) is 0 Å². The van der Waals surface area contributed by atoms with Crippen molar-refractivity contribution in [3.63, 3.8) is 0 Å². The quantitative estimate of drug-likeness (QED) is 0.155. The number of nitrogens with one attached hydrogen (secondary N) is 2. The molecule has 0 atom stereocenters. The van der Waals surface area contributed by atoms with Crippen molar-refractivity contribution in [2.75, 3.05) is 26.2 Å². The third-order valence-corrected chi connectivity index (χ3v) is 9.14. The van der Waals surface area contributed by atoms with Crippen LogP contribution >= 0.6 is 0 Å². The lowest BCUT2D eigenvalue weighted by Crippen LogP contribution is -2.45. The standard InChI is InChI=1S/C40H54N6/c1-27(2)35-11-9-12-36(28(3)4)39(35)41-23-31-15-17-33(43-31)25-45-19-21-46(22-20-45)26-34-18-16-32(44-34)24-42-40-37(29(5)6)13-10-14-38(40)30(7)8/h9-18,23-24,27-30,43-44H,19-22,25-26H2,1-8H3. The van der Waals surface area contributed by atoms with Crippen molar-refractivity contribution in [1.29, 1.82) is 0 Å². The molecule has 0 saturated carbocycles. The second kappa shape index (κ2) is 15.2. The van der Waals surface area contributed by atoms with Crippen molar-refractivity contribution in [3.8, 4) is 0 Å². The number of rotatable bonds is 12. The van der Waals surface area contributed by atoms with Gasteiger partial charge in [-0.3, -0.25) is 19.8 Å². The molecule has 1 aliphatic rings. The van der Waals surface area contributed by atoms with Gasteiger partial charge in [0.05, 0.1) is 35.2 Å². The topological polar surface area (TPSA) is 62.8 Å². The van der Waals surface area contributed by atoms with Gasteiger partial charge in [-0.05, 0) is 70.2 Å². The molecule has 244 valence electrons. The Balaban J connectivity index is 1.14. The first kappa shape index (κ1) is 33.6. The summed E-state index contributed by atoms with van der Waals surface area (Å²) in [6, 6.07) is 21.9. The smallest absolute Gasteiger partial charge is 0.0699 e. The fraction of sp³-hybridized carbons (Fsp3) is 0.450. The summed E-state index contributed by atoms with van der Waals surface area (Å²) in [5, 5.41) is 0. The molecular weight excluding hydrogens is 564 g/mol. The molecule has 1 saturated heterocycles. The zero-order valence-electron chi connectivity index (χ0n) is 29.3. The number of benzene rings is 2. The average molecular weight is 619 g/mol. The lowest BCUT2D eigenvalue weighted by atomic mass is 9.93.